The highest BCUT2D eigenvalue weighted by Gasteiger charge is 2.13. The third-order valence-corrected chi connectivity index (χ3v) is 3.34. The van der Waals surface area contributed by atoms with Gasteiger partial charge in [0.1, 0.15) is 5.75 Å². The van der Waals surface area contributed by atoms with E-state index in [2.05, 4.69) is 16.3 Å². The predicted octanol–water partition coefficient (Wildman–Crippen LogP) is 1.95. The molecule has 17 heavy (non-hydrogen) atoms. The van der Waals surface area contributed by atoms with Gasteiger partial charge in [0.15, 0.2) is 0 Å². The van der Waals surface area contributed by atoms with Crippen LogP contribution in [0.15, 0.2) is 36.4 Å². The standard InChI is InChI=1S/C14H16N2O/c17-14-6-5-13(16-9-7-15-8-10-16)11-3-1-2-4-12(11)14/h1-6,15,17H,7-10H2. The lowest BCUT2D eigenvalue weighted by molar-refractivity contribution is 0.481. The molecule has 0 unspecified atom stereocenters. The topological polar surface area (TPSA) is 35.5 Å². The Balaban J connectivity index is 2.12. The van der Waals surface area contributed by atoms with Crippen LogP contribution in [0.3, 0.4) is 0 Å². The van der Waals surface area contributed by atoms with Gasteiger partial charge in [-0.05, 0) is 12.1 Å². The number of piperazine rings is 1. The highest BCUT2D eigenvalue weighted by molar-refractivity contribution is 5.98. The fraction of sp³-hybridized carbons (Fsp3) is 0.286. The van der Waals surface area contributed by atoms with E-state index >= 15 is 0 Å². The molecule has 0 saturated carbocycles. The average molecular weight is 228 g/mol. The molecule has 0 amide bonds. The molecule has 0 spiro atoms. The second-order valence-electron chi connectivity index (χ2n) is 4.39. The molecular weight excluding hydrogens is 212 g/mol. The monoisotopic (exact) mass is 228 g/mol. The van der Waals surface area contributed by atoms with Crippen molar-refractivity contribution in [1.82, 2.24) is 5.32 Å². The van der Waals surface area contributed by atoms with Crippen LogP contribution in [0.2, 0.25) is 0 Å². The van der Waals surface area contributed by atoms with Gasteiger partial charge in [-0.2, -0.15) is 0 Å². The SMILES string of the molecule is Oc1ccc(N2CCNCC2)c2ccccc12. The predicted molar refractivity (Wildman–Crippen MR) is 70.7 cm³/mol. The van der Waals surface area contributed by atoms with Gasteiger partial charge in [-0.25, -0.2) is 0 Å². The average Bonchev–Trinajstić information content (AvgIpc) is 2.41. The largest absolute Gasteiger partial charge is 0.507 e. The van der Waals surface area contributed by atoms with Gasteiger partial charge in [0.25, 0.3) is 0 Å². The van der Waals surface area contributed by atoms with E-state index in [1.54, 1.807) is 6.07 Å². The van der Waals surface area contributed by atoms with Crippen LogP contribution < -0.4 is 10.2 Å². The van der Waals surface area contributed by atoms with Crippen molar-refractivity contribution in [2.75, 3.05) is 31.1 Å². The Morgan fingerprint density at radius 1 is 0.941 bits per heavy atom. The molecule has 3 rings (SSSR count). The van der Waals surface area contributed by atoms with Gasteiger partial charge in [-0.3, -0.25) is 0 Å². The number of aromatic hydroxyl groups is 1. The van der Waals surface area contributed by atoms with Crippen molar-refractivity contribution >= 4 is 16.5 Å². The summed E-state index contributed by atoms with van der Waals surface area (Å²) in [5, 5.41) is 15.3. The van der Waals surface area contributed by atoms with Crippen LogP contribution in [0, 0.1) is 0 Å². The zero-order valence-corrected chi connectivity index (χ0v) is 9.69. The fourth-order valence-electron chi connectivity index (χ4n) is 2.45. The third-order valence-electron chi connectivity index (χ3n) is 3.34. The first-order valence-electron chi connectivity index (χ1n) is 6.02. The Morgan fingerprint density at radius 2 is 1.65 bits per heavy atom. The summed E-state index contributed by atoms with van der Waals surface area (Å²) in [6, 6.07) is 11.8. The molecule has 3 heteroatoms. The van der Waals surface area contributed by atoms with Crippen LogP contribution in [-0.4, -0.2) is 31.3 Å². The third kappa shape index (κ3) is 1.83. The summed E-state index contributed by atoms with van der Waals surface area (Å²) in [6.07, 6.45) is 0. The summed E-state index contributed by atoms with van der Waals surface area (Å²) in [7, 11) is 0. The molecule has 0 aromatic heterocycles. The fourth-order valence-corrected chi connectivity index (χ4v) is 2.45. The van der Waals surface area contributed by atoms with Gasteiger partial charge in [0.2, 0.25) is 0 Å². The van der Waals surface area contributed by atoms with Gasteiger partial charge in [0.05, 0.1) is 0 Å². The van der Waals surface area contributed by atoms with Crippen molar-refractivity contribution in [2.24, 2.45) is 0 Å². The summed E-state index contributed by atoms with van der Waals surface area (Å²) in [6.45, 7) is 4.09. The quantitative estimate of drug-likeness (QED) is 0.783. The number of phenols is 1. The second-order valence-corrected chi connectivity index (χ2v) is 4.39. The lowest BCUT2D eigenvalue weighted by atomic mass is 10.1. The molecule has 2 N–H and O–H groups in total. The molecule has 2 aromatic carbocycles. The Labute approximate surface area is 101 Å². The number of nitrogens with one attached hydrogen (secondary N) is 1. The number of phenolic OH excluding ortho intramolecular Hbond substituents is 1. The van der Waals surface area contributed by atoms with Crippen LogP contribution in [0.1, 0.15) is 0 Å². The Morgan fingerprint density at radius 3 is 2.41 bits per heavy atom. The van der Waals surface area contributed by atoms with Gasteiger partial charge < -0.3 is 15.3 Å². The number of anilines is 1. The van der Waals surface area contributed by atoms with Crippen molar-refractivity contribution in [3.63, 3.8) is 0 Å². The van der Waals surface area contributed by atoms with E-state index in [1.165, 1.54) is 5.69 Å². The van der Waals surface area contributed by atoms with Gasteiger partial charge in [-0.1, -0.05) is 24.3 Å². The molecule has 1 heterocycles. The van der Waals surface area contributed by atoms with Crippen molar-refractivity contribution in [3.8, 4) is 5.75 Å². The molecule has 0 bridgehead atoms. The van der Waals surface area contributed by atoms with E-state index in [0.717, 1.165) is 37.0 Å². The highest BCUT2D eigenvalue weighted by Crippen LogP contribution is 2.32. The van der Waals surface area contributed by atoms with Crippen molar-refractivity contribution in [2.45, 2.75) is 0 Å². The molecule has 1 saturated heterocycles. The van der Waals surface area contributed by atoms with Crippen LogP contribution >= 0.6 is 0 Å². The molecule has 1 aliphatic rings. The zero-order chi connectivity index (χ0) is 11.7. The summed E-state index contributed by atoms with van der Waals surface area (Å²) in [4.78, 5) is 2.37. The van der Waals surface area contributed by atoms with E-state index in [1.807, 2.05) is 24.3 Å². The number of hydrogen-bond acceptors (Lipinski definition) is 3. The number of hydrogen-bond donors (Lipinski definition) is 2. The van der Waals surface area contributed by atoms with Crippen LogP contribution in [0.4, 0.5) is 5.69 Å². The molecule has 0 radical (unpaired) electrons. The summed E-state index contributed by atoms with van der Waals surface area (Å²) >= 11 is 0. The van der Waals surface area contributed by atoms with E-state index in [9.17, 15) is 5.11 Å². The van der Waals surface area contributed by atoms with E-state index in [4.69, 9.17) is 0 Å². The number of nitrogens with zero attached hydrogens (tertiary/aromatic N) is 1. The second kappa shape index (κ2) is 4.26. The number of fused-ring (bicyclic) bond motifs is 1. The molecule has 3 nitrogen and oxygen atoms in total. The molecule has 0 atom stereocenters. The Kier molecular flexibility index (Phi) is 2.61. The zero-order valence-electron chi connectivity index (χ0n) is 9.69. The molecule has 1 fully saturated rings. The van der Waals surface area contributed by atoms with E-state index < -0.39 is 0 Å². The molecule has 2 aromatic rings. The van der Waals surface area contributed by atoms with Crippen LogP contribution in [0.25, 0.3) is 10.8 Å². The first-order valence-corrected chi connectivity index (χ1v) is 6.02. The first kappa shape index (κ1) is 10.4. The maximum atomic E-state index is 9.86. The minimum Gasteiger partial charge on any atom is -0.507 e. The van der Waals surface area contributed by atoms with Gasteiger partial charge in [-0.15, -0.1) is 0 Å². The summed E-state index contributed by atoms with van der Waals surface area (Å²) in [5.74, 6) is 0.361. The van der Waals surface area contributed by atoms with Gasteiger partial charge >= 0.3 is 0 Å². The highest BCUT2D eigenvalue weighted by atomic mass is 16.3. The molecule has 88 valence electrons. The smallest absolute Gasteiger partial charge is 0.123 e. The lowest BCUT2D eigenvalue weighted by Crippen LogP contribution is -2.43. The van der Waals surface area contributed by atoms with Crippen molar-refractivity contribution in [3.05, 3.63) is 36.4 Å². The van der Waals surface area contributed by atoms with Crippen molar-refractivity contribution < 1.29 is 5.11 Å². The van der Waals surface area contributed by atoms with Crippen LogP contribution in [-0.2, 0) is 0 Å². The van der Waals surface area contributed by atoms with E-state index in [-0.39, 0.29) is 0 Å². The summed E-state index contributed by atoms with van der Waals surface area (Å²) in [5.41, 5.74) is 1.22. The van der Waals surface area contributed by atoms with Gasteiger partial charge in [0, 0.05) is 42.6 Å². The van der Waals surface area contributed by atoms with E-state index in [0.29, 0.717) is 5.75 Å². The normalized spacial score (nSPS) is 16.4. The summed E-state index contributed by atoms with van der Waals surface area (Å²) < 4.78 is 0. The molecular formula is C14H16N2O. The minimum atomic E-state index is 0.361. The number of benzene rings is 2. The Bertz CT molecular complexity index is 533. The molecule has 1 aliphatic heterocycles. The maximum Gasteiger partial charge on any atom is 0.123 e. The Hall–Kier alpha value is -1.74. The molecule has 0 aliphatic carbocycles. The van der Waals surface area contributed by atoms with Crippen LogP contribution in [0.5, 0.6) is 5.75 Å². The van der Waals surface area contributed by atoms with Crippen molar-refractivity contribution in [1.29, 1.82) is 0 Å². The first-order chi connectivity index (χ1) is 8.36. The minimum absolute atomic E-state index is 0.361. The number of rotatable bonds is 1. The lowest BCUT2D eigenvalue weighted by Gasteiger charge is -2.30. The maximum absolute atomic E-state index is 9.86.